The van der Waals surface area contributed by atoms with Gasteiger partial charge in [-0.3, -0.25) is 14.4 Å². The van der Waals surface area contributed by atoms with Gasteiger partial charge in [-0.1, -0.05) is 20.8 Å². The van der Waals surface area contributed by atoms with Gasteiger partial charge in [-0.2, -0.15) is 9.78 Å². The van der Waals surface area contributed by atoms with Gasteiger partial charge in [0.15, 0.2) is 5.82 Å². The first-order chi connectivity index (χ1) is 20.3. The number of pyridine rings is 2. The number of carbonyl (C=O) groups excluding carboxylic acids is 1. The molecule has 2 atom stereocenters. The molecule has 43 heavy (non-hydrogen) atoms. The maximum Gasteiger partial charge on any atom is 0.283 e. The van der Waals surface area contributed by atoms with Crippen molar-refractivity contribution in [1.82, 2.24) is 24.2 Å². The summed E-state index contributed by atoms with van der Waals surface area (Å²) in [6, 6.07) is 6.33. The molecule has 2 fully saturated rings. The SMILES string of the molecule is CN1CCC2(CC2C(=O)Nc2cc(-c3ccnc(-n4ncc5cc(C(C)(C)C)cc(F)c5c4=O)c3CO)cn(C)c2=O)C1. The van der Waals surface area contributed by atoms with E-state index in [1.54, 1.807) is 31.4 Å². The maximum absolute atomic E-state index is 15.3. The Bertz CT molecular complexity index is 1910. The fraction of sp³-hybridized carbons (Fsp3) is 0.406. The lowest BCUT2D eigenvalue weighted by molar-refractivity contribution is -0.118. The molecule has 1 aromatic carbocycles. The van der Waals surface area contributed by atoms with Crippen LogP contribution < -0.4 is 16.4 Å². The third-order valence-electron chi connectivity index (χ3n) is 8.93. The van der Waals surface area contributed by atoms with Gasteiger partial charge in [-0.05, 0) is 72.7 Å². The molecule has 2 aliphatic rings. The molecule has 3 aromatic heterocycles. The van der Waals surface area contributed by atoms with Crippen LogP contribution in [0.4, 0.5) is 10.1 Å². The van der Waals surface area contributed by atoms with Gasteiger partial charge in [0.25, 0.3) is 11.1 Å². The molecule has 224 valence electrons. The van der Waals surface area contributed by atoms with E-state index in [9.17, 15) is 19.5 Å². The lowest BCUT2D eigenvalue weighted by Gasteiger charge is -2.20. The first-order valence-electron chi connectivity index (χ1n) is 14.3. The van der Waals surface area contributed by atoms with Gasteiger partial charge in [0.05, 0.1) is 18.2 Å². The topological polar surface area (TPSA) is 122 Å². The van der Waals surface area contributed by atoms with Crippen molar-refractivity contribution in [3.05, 3.63) is 80.5 Å². The summed E-state index contributed by atoms with van der Waals surface area (Å²) in [5.41, 5.74) is 0.699. The largest absolute Gasteiger partial charge is 0.392 e. The lowest BCUT2D eigenvalue weighted by atomic mass is 9.86. The molecule has 4 aromatic rings. The Morgan fingerprint density at radius 3 is 2.63 bits per heavy atom. The van der Waals surface area contributed by atoms with Crippen LogP contribution in [0.5, 0.6) is 0 Å². The van der Waals surface area contributed by atoms with E-state index in [1.807, 2.05) is 27.8 Å². The summed E-state index contributed by atoms with van der Waals surface area (Å²) in [5, 5.41) is 17.8. The number of nitrogens with zero attached hydrogens (tertiary/aromatic N) is 5. The number of likely N-dealkylation sites (tertiary alicyclic amines) is 1. The predicted molar refractivity (Wildman–Crippen MR) is 162 cm³/mol. The molecule has 2 unspecified atom stereocenters. The predicted octanol–water partition coefficient (Wildman–Crippen LogP) is 3.36. The molecule has 0 bridgehead atoms. The van der Waals surface area contributed by atoms with Crippen LogP contribution in [0.25, 0.3) is 27.7 Å². The number of aryl methyl sites for hydroxylation is 1. The van der Waals surface area contributed by atoms with Crippen molar-refractivity contribution in [3.8, 4) is 16.9 Å². The van der Waals surface area contributed by atoms with Gasteiger partial charge in [-0.25, -0.2) is 9.37 Å². The number of hydrogen-bond donors (Lipinski definition) is 2. The average Bonchev–Trinajstić information content (AvgIpc) is 3.53. The molecule has 1 spiro atoms. The third-order valence-corrected chi connectivity index (χ3v) is 8.93. The maximum atomic E-state index is 15.3. The summed E-state index contributed by atoms with van der Waals surface area (Å²) in [7, 11) is 3.63. The smallest absolute Gasteiger partial charge is 0.283 e. The summed E-state index contributed by atoms with van der Waals surface area (Å²) in [6.07, 6.45) is 6.22. The van der Waals surface area contributed by atoms with Crippen molar-refractivity contribution in [2.45, 2.75) is 45.6 Å². The fourth-order valence-corrected chi connectivity index (χ4v) is 6.35. The van der Waals surface area contributed by atoms with Crippen LogP contribution in [0.15, 0.2) is 52.4 Å². The molecule has 4 heterocycles. The number of halogens is 1. The Morgan fingerprint density at radius 1 is 1.19 bits per heavy atom. The van der Waals surface area contributed by atoms with Crippen LogP contribution in [0.1, 0.15) is 44.7 Å². The second kappa shape index (κ2) is 10.2. The van der Waals surface area contributed by atoms with E-state index in [0.717, 1.165) is 36.2 Å². The van der Waals surface area contributed by atoms with E-state index in [4.69, 9.17) is 0 Å². The van der Waals surface area contributed by atoms with Gasteiger partial charge in [0.1, 0.15) is 11.5 Å². The Balaban J connectivity index is 1.39. The number of benzene rings is 1. The Hall–Kier alpha value is -4.22. The molecule has 10 nitrogen and oxygen atoms in total. The Morgan fingerprint density at radius 2 is 1.95 bits per heavy atom. The molecule has 1 aliphatic heterocycles. The molecular weight excluding hydrogens is 551 g/mol. The monoisotopic (exact) mass is 586 g/mol. The van der Waals surface area contributed by atoms with Gasteiger partial charge in [-0.15, -0.1) is 0 Å². The summed E-state index contributed by atoms with van der Waals surface area (Å²) in [5.74, 6) is -0.940. The van der Waals surface area contributed by atoms with Gasteiger partial charge >= 0.3 is 0 Å². The highest BCUT2D eigenvalue weighted by Crippen LogP contribution is 2.58. The highest BCUT2D eigenvalue weighted by Gasteiger charge is 2.60. The van der Waals surface area contributed by atoms with Crippen molar-refractivity contribution in [2.24, 2.45) is 18.4 Å². The van der Waals surface area contributed by atoms with Crippen molar-refractivity contribution >= 4 is 22.4 Å². The van der Waals surface area contributed by atoms with Crippen LogP contribution in [-0.4, -0.2) is 55.4 Å². The van der Waals surface area contributed by atoms with Crippen LogP contribution in [0, 0.1) is 17.2 Å². The standard InChI is InChI=1S/C32H35FN6O4/c1-31(2,3)20-10-18-14-35-39(30(43)26(18)24(33)12-20)27-22(16-40)21(6-8-34-27)19-11-25(29(42)38(5)15-19)36-28(41)23-13-32(23)7-9-37(4)17-32/h6,8,10-12,14-15,23,40H,7,9,13,16-17H2,1-5H3,(H,36,41). The molecule has 1 aliphatic carbocycles. The van der Waals surface area contributed by atoms with Crippen LogP contribution >= 0.6 is 0 Å². The number of fused-ring (bicyclic) bond motifs is 1. The Kier molecular flexibility index (Phi) is 6.85. The van der Waals surface area contributed by atoms with Crippen molar-refractivity contribution < 1.29 is 14.3 Å². The van der Waals surface area contributed by atoms with Crippen molar-refractivity contribution in [3.63, 3.8) is 0 Å². The number of aromatic nitrogens is 4. The number of nitrogens with one attached hydrogen (secondary N) is 1. The molecule has 0 radical (unpaired) electrons. The zero-order valence-corrected chi connectivity index (χ0v) is 24.9. The van der Waals surface area contributed by atoms with Crippen molar-refractivity contribution in [2.75, 3.05) is 25.5 Å². The fourth-order valence-electron chi connectivity index (χ4n) is 6.35. The summed E-state index contributed by atoms with van der Waals surface area (Å²) >= 11 is 0. The molecule has 11 heteroatoms. The second-order valence-corrected chi connectivity index (χ2v) is 13.0. The molecular formula is C32H35FN6O4. The third kappa shape index (κ3) is 4.96. The molecule has 1 amide bonds. The number of carbonyl (C=O) groups is 1. The number of rotatable bonds is 5. The number of hydrogen-bond acceptors (Lipinski definition) is 7. The highest BCUT2D eigenvalue weighted by molar-refractivity contribution is 5.95. The van der Waals surface area contributed by atoms with Gasteiger partial charge in [0.2, 0.25) is 5.91 Å². The lowest BCUT2D eigenvalue weighted by Crippen LogP contribution is -2.27. The normalized spacial score (nSPS) is 20.2. The average molecular weight is 587 g/mol. The zero-order chi connectivity index (χ0) is 30.8. The molecule has 1 saturated carbocycles. The molecule has 2 N–H and O–H groups in total. The van der Waals surface area contributed by atoms with Crippen LogP contribution in [-0.2, 0) is 23.9 Å². The van der Waals surface area contributed by atoms with E-state index in [2.05, 4.69) is 20.3 Å². The van der Waals surface area contributed by atoms with E-state index >= 15 is 4.39 Å². The van der Waals surface area contributed by atoms with E-state index < -0.39 is 18.0 Å². The quantitative estimate of drug-likeness (QED) is 0.368. The van der Waals surface area contributed by atoms with E-state index in [1.165, 1.54) is 23.0 Å². The summed E-state index contributed by atoms with van der Waals surface area (Å²) < 4.78 is 17.6. The number of anilines is 1. The summed E-state index contributed by atoms with van der Waals surface area (Å²) in [6.45, 7) is 7.18. The molecule has 6 rings (SSSR count). The zero-order valence-electron chi connectivity index (χ0n) is 24.9. The van der Waals surface area contributed by atoms with Crippen LogP contribution in [0.3, 0.4) is 0 Å². The van der Waals surface area contributed by atoms with Gasteiger partial charge < -0.3 is 19.9 Å². The molecule has 1 saturated heterocycles. The number of aliphatic hydroxyl groups excluding tert-OH is 1. The minimum Gasteiger partial charge on any atom is -0.392 e. The summed E-state index contributed by atoms with van der Waals surface area (Å²) in [4.78, 5) is 46.3. The minimum absolute atomic E-state index is 0.0142. The highest BCUT2D eigenvalue weighted by atomic mass is 19.1. The minimum atomic E-state index is -0.709. The van der Waals surface area contributed by atoms with E-state index in [0.29, 0.717) is 16.5 Å². The van der Waals surface area contributed by atoms with E-state index in [-0.39, 0.29) is 50.7 Å². The Labute approximate surface area is 247 Å². The van der Waals surface area contributed by atoms with Gasteiger partial charge in [0, 0.05) is 48.4 Å². The van der Waals surface area contributed by atoms with Crippen molar-refractivity contribution in [1.29, 1.82) is 0 Å². The number of aliphatic hydroxyl groups is 1. The van der Waals surface area contributed by atoms with Crippen LogP contribution in [0.2, 0.25) is 0 Å². The number of amides is 1. The first-order valence-corrected chi connectivity index (χ1v) is 14.3. The first kappa shape index (κ1) is 28.9. The second-order valence-electron chi connectivity index (χ2n) is 13.0.